The van der Waals surface area contributed by atoms with Gasteiger partial charge in [-0.2, -0.15) is 0 Å². The van der Waals surface area contributed by atoms with Crippen molar-refractivity contribution in [2.24, 2.45) is 0 Å². The number of allylic oxidation sites excluding steroid dienone is 14. The molecule has 1 unspecified atom stereocenters. The van der Waals surface area contributed by atoms with E-state index in [1.807, 2.05) is 0 Å². The van der Waals surface area contributed by atoms with E-state index < -0.39 is 6.10 Å². The van der Waals surface area contributed by atoms with Crippen LogP contribution >= 0.6 is 0 Å². The summed E-state index contributed by atoms with van der Waals surface area (Å²) in [4.78, 5) is 38.3. The monoisotopic (exact) mass is 1090 g/mol. The van der Waals surface area contributed by atoms with E-state index in [1.165, 1.54) is 180 Å². The van der Waals surface area contributed by atoms with Gasteiger partial charge < -0.3 is 14.2 Å². The number of rotatable bonds is 61. The Bertz CT molecular complexity index is 1480. The van der Waals surface area contributed by atoms with Crippen molar-refractivity contribution in [3.8, 4) is 0 Å². The fraction of sp³-hybridized carbons (Fsp3) is 0.764. The van der Waals surface area contributed by atoms with Crippen molar-refractivity contribution < 1.29 is 28.6 Å². The highest BCUT2D eigenvalue weighted by atomic mass is 16.6. The standard InChI is InChI=1S/C72H126O6/c1-4-7-10-13-16-19-22-25-27-29-31-33-34-35-36-37-38-40-41-43-45-47-50-53-56-59-62-65-71(74)77-68-69(67-76-70(73)64-61-58-55-52-49-24-21-18-15-12-9-6-3)78-72(75)66-63-60-57-54-51-48-46-44-42-39-32-30-28-26-23-20-17-14-11-8-5-2/h8,11,17,20,22,25-26,28-29,31-32,39,44,46,69H,4-7,9-10,12-16,18-19,21,23-24,27,30,33-38,40-43,45,47-68H2,1-3H3/b11-8-,20-17-,25-22-,28-26-,31-29-,39-32-,46-44-. The lowest BCUT2D eigenvalue weighted by Gasteiger charge is -2.18. The molecule has 0 saturated heterocycles. The van der Waals surface area contributed by atoms with Gasteiger partial charge in [-0.05, 0) is 96.3 Å². The average molecular weight is 1090 g/mol. The lowest BCUT2D eigenvalue weighted by molar-refractivity contribution is -0.167. The number of esters is 3. The van der Waals surface area contributed by atoms with Crippen LogP contribution in [0.1, 0.15) is 335 Å². The van der Waals surface area contributed by atoms with Gasteiger partial charge in [0.25, 0.3) is 0 Å². The summed E-state index contributed by atoms with van der Waals surface area (Å²) >= 11 is 0. The van der Waals surface area contributed by atoms with E-state index in [0.717, 1.165) is 116 Å². The minimum atomic E-state index is -0.786. The summed E-state index contributed by atoms with van der Waals surface area (Å²) < 4.78 is 16.9. The molecule has 0 aromatic rings. The van der Waals surface area contributed by atoms with Crippen LogP contribution in [0.2, 0.25) is 0 Å². The first-order chi connectivity index (χ1) is 38.5. The van der Waals surface area contributed by atoms with Gasteiger partial charge in [0.2, 0.25) is 0 Å². The van der Waals surface area contributed by atoms with Crippen LogP contribution in [0.3, 0.4) is 0 Å². The number of carbonyl (C=O) groups is 3. The maximum absolute atomic E-state index is 12.9. The summed E-state index contributed by atoms with van der Waals surface area (Å²) in [6, 6.07) is 0. The van der Waals surface area contributed by atoms with Crippen LogP contribution in [-0.2, 0) is 28.6 Å². The maximum Gasteiger partial charge on any atom is 0.306 e. The number of hydrogen-bond donors (Lipinski definition) is 0. The third-order valence-corrected chi connectivity index (χ3v) is 14.6. The second kappa shape index (κ2) is 66.1. The molecule has 6 nitrogen and oxygen atoms in total. The fourth-order valence-electron chi connectivity index (χ4n) is 9.62. The summed E-state index contributed by atoms with van der Waals surface area (Å²) in [6.07, 6.45) is 87.4. The van der Waals surface area contributed by atoms with Crippen LogP contribution in [0.25, 0.3) is 0 Å². The van der Waals surface area contributed by atoms with Gasteiger partial charge in [0.1, 0.15) is 13.2 Å². The van der Waals surface area contributed by atoms with Gasteiger partial charge in [-0.1, -0.05) is 305 Å². The molecule has 0 rings (SSSR count). The lowest BCUT2D eigenvalue weighted by atomic mass is 10.0. The molecule has 0 spiro atoms. The van der Waals surface area contributed by atoms with Crippen LogP contribution in [0.15, 0.2) is 85.1 Å². The minimum absolute atomic E-state index is 0.0811. The van der Waals surface area contributed by atoms with Gasteiger partial charge in [-0.3, -0.25) is 14.4 Å². The minimum Gasteiger partial charge on any atom is -0.462 e. The molecule has 0 saturated carbocycles. The molecule has 0 N–H and O–H groups in total. The lowest BCUT2D eigenvalue weighted by Crippen LogP contribution is -2.30. The van der Waals surface area contributed by atoms with Crippen molar-refractivity contribution in [1.29, 1.82) is 0 Å². The van der Waals surface area contributed by atoms with Crippen molar-refractivity contribution >= 4 is 17.9 Å². The molecular weight excluding hydrogens is 961 g/mol. The Morgan fingerprint density at radius 3 is 0.782 bits per heavy atom. The van der Waals surface area contributed by atoms with E-state index in [4.69, 9.17) is 14.2 Å². The molecule has 450 valence electrons. The van der Waals surface area contributed by atoms with Crippen molar-refractivity contribution in [1.82, 2.24) is 0 Å². The van der Waals surface area contributed by atoms with Crippen LogP contribution in [-0.4, -0.2) is 37.2 Å². The molecule has 0 amide bonds. The highest BCUT2D eigenvalue weighted by molar-refractivity contribution is 5.71. The molecule has 0 fully saturated rings. The Labute approximate surface area is 484 Å². The van der Waals surface area contributed by atoms with E-state index in [2.05, 4.69) is 106 Å². The Morgan fingerprint density at radius 2 is 0.500 bits per heavy atom. The van der Waals surface area contributed by atoms with E-state index in [9.17, 15) is 14.4 Å². The molecule has 0 radical (unpaired) electrons. The molecule has 6 heteroatoms. The largest absolute Gasteiger partial charge is 0.462 e. The van der Waals surface area contributed by atoms with E-state index in [0.29, 0.717) is 19.3 Å². The molecule has 0 aliphatic heterocycles. The summed E-state index contributed by atoms with van der Waals surface area (Å²) in [5.74, 6) is -0.885. The van der Waals surface area contributed by atoms with Gasteiger partial charge in [-0.25, -0.2) is 0 Å². The molecule has 0 heterocycles. The van der Waals surface area contributed by atoms with Crippen molar-refractivity contribution in [2.45, 2.75) is 341 Å². The highest BCUT2D eigenvalue weighted by Crippen LogP contribution is 2.17. The molecule has 0 bridgehead atoms. The first-order valence-corrected chi connectivity index (χ1v) is 33.6. The first-order valence-electron chi connectivity index (χ1n) is 33.6. The van der Waals surface area contributed by atoms with Crippen LogP contribution in [0.4, 0.5) is 0 Å². The Morgan fingerprint density at radius 1 is 0.269 bits per heavy atom. The average Bonchev–Trinajstić information content (AvgIpc) is 3.44. The molecule has 0 aromatic heterocycles. The van der Waals surface area contributed by atoms with Crippen molar-refractivity contribution in [2.75, 3.05) is 13.2 Å². The van der Waals surface area contributed by atoms with E-state index in [1.54, 1.807) is 0 Å². The number of carbonyl (C=O) groups excluding carboxylic acids is 3. The molecular formula is C72H126O6. The molecule has 1 atom stereocenters. The summed E-state index contributed by atoms with van der Waals surface area (Å²) in [6.45, 7) is 6.53. The zero-order chi connectivity index (χ0) is 56.4. The Kier molecular flexibility index (Phi) is 63.2. The SMILES string of the molecule is CC/C=C\C/C=C\C/C=C\C/C=C\C/C=C\CCCCCCCC(=O)OC(COC(=O)CCCCCCCCCCCCCC)COC(=O)CCCCCCCCCCCCCCCCC/C=C\C/C=C\CCCCCCC. The normalized spacial score (nSPS) is 12.6. The zero-order valence-corrected chi connectivity index (χ0v) is 51.7. The third-order valence-electron chi connectivity index (χ3n) is 14.6. The number of ether oxygens (including phenoxy) is 3. The van der Waals surface area contributed by atoms with Gasteiger partial charge in [0, 0.05) is 19.3 Å². The zero-order valence-electron chi connectivity index (χ0n) is 51.7. The Hall–Kier alpha value is -3.41. The second-order valence-corrected chi connectivity index (χ2v) is 22.4. The first kappa shape index (κ1) is 74.6. The van der Waals surface area contributed by atoms with Gasteiger partial charge in [0.05, 0.1) is 0 Å². The van der Waals surface area contributed by atoms with E-state index in [-0.39, 0.29) is 31.1 Å². The predicted octanol–water partition coefficient (Wildman–Crippen LogP) is 23.1. The predicted molar refractivity (Wildman–Crippen MR) is 339 cm³/mol. The topological polar surface area (TPSA) is 78.9 Å². The summed E-state index contributed by atoms with van der Waals surface area (Å²) in [7, 11) is 0. The molecule has 0 aromatic carbocycles. The molecule has 0 aliphatic rings. The van der Waals surface area contributed by atoms with E-state index >= 15 is 0 Å². The molecule has 0 aliphatic carbocycles. The fourth-order valence-corrected chi connectivity index (χ4v) is 9.62. The summed E-state index contributed by atoms with van der Waals surface area (Å²) in [5.41, 5.74) is 0. The van der Waals surface area contributed by atoms with Crippen molar-refractivity contribution in [3.05, 3.63) is 85.1 Å². The van der Waals surface area contributed by atoms with Crippen molar-refractivity contribution in [3.63, 3.8) is 0 Å². The van der Waals surface area contributed by atoms with Gasteiger partial charge >= 0.3 is 17.9 Å². The summed E-state index contributed by atoms with van der Waals surface area (Å²) in [5, 5.41) is 0. The molecule has 78 heavy (non-hydrogen) atoms. The second-order valence-electron chi connectivity index (χ2n) is 22.4. The van der Waals surface area contributed by atoms with Gasteiger partial charge in [-0.15, -0.1) is 0 Å². The third kappa shape index (κ3) is 63.4. The maximum atomic E-state index is 12.9. The van der Waals surface area contributed by atoms with Crippen LogP contribution < -0.4 is 0 Å². The highest BCUT2D eigenvalue weighted by Gasteiger charge is 2.19. The quantitative estimate of drug-likeness (QED) is 0.0261. The van der Waals surface area contributed by atoms with Crippen LogP contribution in [0.5, 0.6) is 0 Å². The van der Waals surface area contributed by atoms with Crippen LogP contribution in [0, 0.1) is 0 Å². The Balaban J connectivity index is 4.28. The smallest absolute Gasteiger partial charge is 0.306 e. The number of unbranched alkanes of at least 4 members (excludes halogenated alkanes) is 36. The number of hydrogen-bond acceptors (Lipinski definition) is 6. The van der Waals surface area contributed by atoms with Gasteiger partial charge in [0.15, 0.2) is 6.10 Å².